The van der Waals surface area contributed by atoms with Gasteiger partial charge in [0.25, 0.3) is 6.71 Å². The van der Waals surface area contributed by atoms with E-state index in [1.54, 1.807) is 0 Å². The van der Waals surface area contributed by atoms with Crippen LogP contribution in [0.25, 0.3) is 33.7 Å². The van der Waals surface area contributed by atoms with E-state index >= 15 is 0 Å². The Morgan fingerprint density at radius 3 is 1.26 bits per heavy atom. The van der Waals surface area contributed by atoms with Gasteiger partial charge in [0.15, 0.2) is 5.58 Å². The Balaban J connectivity index is 1.11. The van der Waals surface area contributed by atoms with E-state index in [0.29, 0.717) is 5.89 Å². The van der Waals surface area contributed by atoms with Crippen molar-refractivity contribution in [2.24, 2.45) is 17.8 Å². The number of rotatable bonds is 5. The average molecular weight is 1080 g/mol. The van der Waals surface area contributed by atoms with Crippen molar-refractivity contribution in [2.45, 2.75) is 201 Å². The van der Waals surface area contributed by atoms with Gasteiger partial charge in [-0.3, -0.25) is 0 Å². The molecule has 1 aromatic heterocycles. The summed E-state index contributed by atoms with van der Waals surface area (Å²) < 4.78 is 7.08. The third kappa shape index (κ3) is 9.38. The number of benzene rings is 7. The largest absolute Gasteiger partial charge is 0.436 e. The maximum absolute atomic E-state index is 7.08. The highest BCUT2D eigenvalue weighted by Gasteiger charge is 2.53. The van der Waals surface area contributed by atoms with Gasteiger partial charge in [0.05, 0.1) is 0 Å². The molecule has 4 bridgehead atoms. The molecule has 0 N–H and O–H groups in total. The molecule has 0 atom stereocenters. The molecule has 2 aliphatic heterocycles. The molecule has 0 radical (unpaired) electrons. The molecular formula is C77H90BN3O. The molecule has 4 nitrogen and oxygen atoms in total. The van der Waals surface area contributed by atoms with Crippen LogP contribution in [0.4, 0.5) is 34.1 Å². The van der Waals surface area contributed by atoms with Crippen LogP contribution in [-0.2, 0) is 37.9 Å². The van der Waals surface area contributed by atoms with Crippen molar-refractivity contribution in [3.05, 3.63) is 166 Å². The maximum Gasteiger partial charge on any atom is 0.252 e. The van der Waals surface area contributed by atoms with Crippen LogP contribution >= 0.6 is 0 Å². The predicted molar refractivity (Wildman–Crippen MR) is 351 cm³/mol. The van der Waals surface area contributed by atoms with Gasteiger partial charge in [-0.25, -0.2) is 4.98 Å². The van der Waals surface area contributed by atoms with Crippen LogP contribution in [0.1, 0.15) is 202 Å². The number of hydrogen-bond donors (Lipinski definition) is 0. The van der Waals surface area contributed by atoms with Gasteiger partial charge < -0.3 is 14.2 Å². The van der Waals surface area contributed by atoms with Crippen molar-refractivity contribution >= 4 is 68.3 Å². The summed E-state index contributed by atoms with van der Waals surface area (Å²) in [5.74, 6) is 3.05. The Morgan fingerprint density at radius 2 is 0.805 bits per heavy atom. The Kier molecular flexibility index (Phi) is 12.3. The number of hydrogen-bond acceptors (Lipinski definition) is 4. The first-order chi connectivity index (χ1) is 38.3. The van der Waals surface area contributed by atoms with E-state index in [-0.39, 0.29) is 44.6 Å². The van der Waals surface area contributed by atoms with Crippen LogP contribution in [0.5, 0.6) is 0 Å². The first-order valence-corrected chi connectivity index (χ1v) is 31.2. The molecule has 8 aromatic rings. The van der Waals surface area contributed by atoms with Gasteiger partial charge in [-0.05, 0) is 227 Å². The van der Waals surface area contributed by atoms with E-state index in [1.807, 2.05) is 0 Å². The van der Waals surface area contributed by atoms with Gasteiger partial charge in [-0.15, -0.1) is 0 Å². The van der Waals surface area contributed by atoms with E-state index in [2.05, 4.69) is 262 Å². The number of fused-ring (bicyclic) bond motifs is 5. The quantitative estimate of drug-likeness (QED) is 0.161. The topological polar surface area (TPSA) is 32.5 Å². The SMILES string of the molecule is CC(C)(C)c1ccc(-c2ccc(-c3nc4cc5c(cc4o3)B3c4cc(C(C)(C)C)ccc4N(c4cc(C(C)(C)C)cc(C(C)(C)C)c4)c4cc(C67CC8CC(CC(C8)C6)C7)cc(c43)N5c3cc(C(C)(C)C)cc(C(C)(C)C)c3)cc2)cc1. The normalized spacial score (nSPS) is 20.6. The van der Waals surface area contributed by atoms with Crippen LogP contribution < -0.4 is 26.2 Å². The van der Waals surface area contributed by atoms with Crippen molar-refractivity contribution in [2.75, 3.05) is 9.80 Å². The minimum atomic E-state index is -0.0873. The summed E-state index contributed by atoms with van der Waals surface area (Å²) in [6, 6.07) is 50.7. The molecule has 4 fully saturated rings. The molecule has 4 saturated carbocycles. The van der Waals surface area contributed by atoms with Gasteiger partial charge in [-0.1, -0.05) is 185 Å². The monoisotopic (exact) mass is 1080 g/mol. The number of aromatic nitrogens is 1. The highest BCUT2D eigenvalue weighted by molar-refractivity contribution is 7.00. The summed E-state index contributed by atoms with van der Waals surface area (Å²) in [4.78, 5) is 10.9. The Labute approximate surface area is 492 Å². The molecule has 7 aromatic carbocycles. The van der Waals surface area contributed by atoms with Gasteiger partial charge in [0, 0.05) is 39.7 Å². The van der Waals surface area contributed by atoms with E-state index in [1.165, 1.54) is 139 Å². The second kappa shape index (κ2) is 18.3. The summed E-state index contributed by atoms with van der Waals surface area (Å²) in [6.07, 6.45) is 8.09. The molecule has 0 saturated heterocycles. The lowest BCUT2D eigenvalue weighted by Gasteiger charge is -2.57. The molecule has 0 amide bonds. The second-order valence-electron chi connectivity index (χ2n) is 32.6. The van der Waals surface area contributed by atoms with Crippen LogP contribution in [-0.4, -0.2) is 11.7 Å². The zero-order chi connectivity index (χ0) is 58.2. The van der Waals surface area contributed by atoms with Crippen LogP contribution in [0, 0.1) is 17.8 Å². The number of nitrogens with zero attached hydrogens (tertiary/aromatic N) is 3. The van der Waals surface area contributed by atoms with E-state index < -0.39 is 0 Å². The Morgan fingerprint density at radius 1 is 0.402 bits per heavy atom. The summed E-state index contributed by atoms with van der Waals surface area (Å²) in [7, 11) is 0. The van der Waals surface area contributed by atoms with Gasteiger partial charge in [-0.2, -0.15) is 0 Å². The lowest BCUT2D eigenvalue weighted by Crippen LogP contribution is -2.62. The van der Waals surface area contributed by atoms with Crippen LogP contribution in [0.2, 0.25) is 0 Å². The van der Waals surface area contributed by atoms with Crippen molar-refractivity contribution in [1.82, 2.24) is 4.98 Å². The fourth-order valence-corrected chi connectivity index (χ4v) is 15.5. The highest BCUT2D eigenvalue weighted by Crippen LogP contribution is 2.62. The third-order valence-corrected chi connectivity index (χ3v) is 20.1. The summed E-state index contributed by atoms with van der Waals surface area (Å²) in [5, 5.41) is 0. The zero-order valence-electron chi connectivity index (χ0n) is 52.9. The van der Waals surface area contributed by atoms with Crippen LogP contribution in [0.15, 0.2) is 132 Å². The van der Waals surface area contributed by atoms with Gasteiger partial charge in [0.1, 0.15) is 5.52 Å². The van der Waals surface area contributed by atoms with Crippen molar-refractivity contribution in [3.8, 4) is 22.6 Å². The average Bonchev–Trinajstić information content (AvgIpc) is 0.832. The molecule has 14 rings (SSSR count). The minimum absolute atomic E-state index is 0.0615. The molecule has 422 valence electrons. The first-order valence-electron chi connectivity index (χ1n) is 31.2. The predicted octanol–water partition coefficient (Wildman–Crippen LogP) is 19.5. The van der Waals surface area contributed by atoms with E-state index in [9.17, 15) is 0 Å². The number of anilines is 6. The molecule has 82 heavy (non-hydrogen) atoms. The molecule has 3 heterocycles. The summed E-state index contributed by atoms with van der Waals surface area (Å²) >= 11 is 0. The smallest absolute Gasteiger partial charge is 0.252 e. The zero-order valence-corrected chi connectivity index (χ0v) is 52.9. The highest BCUT2D eigenvalue weighted by atomic mass is 16.3. The van der Waals surface area contributed by atoms with Crippen molar-refractivity contribution in [3.63, 3.8) is 0 Å². The lowest BCUT2D eigenvalue weighted by atomic mass is 9.33. The molecular weight excluding hydrogens is 994 g/mol. The third-order valence-electron chi connectivity index (χ3n) is 20.1. The molecule has 5 heteroatoms. The Hall–Kier alpha value is -6.33. The molecule has 0 unspecified atom stereocenters. The summed E-state index contributed by atoms with van der Waals surface area (Å²) in [6.45, 7) is 42.4. The second-order valence-corrected chi connectivity index (χ2v) is 32.6. The molecule has 0 spiro atoms. The van der Waals surface area contributed by atoms with Crippen LogP contribution in [0.3, 0.4) is 0 Å². The van der Waals surface area contributed by atoms with Crippen molar-refractivity contribution in [1.29, 1.82) is 0 Å². The van der Waals surface area contributed by atoms with Crippen molar-refractivity contribution < 1.29 is 4.42 Å². The Bertz CT molecular complexity index is 3750. The fourth-order valence-electron chi connectivity index (χ4n) is 15.5. The first kappa shape index (κ1) is 54.9. The minimum Gasteiger partial charge on any atom is -0.436 e. The van der Waals surface area contributed by atoms with Gasteiger partial charge in [0.2, 0.25) is 5.89 Å². The number of oxazole rings is 1. The van der Waals surface area contributed by atoms with Gasteiger partial charge >= 0.3 is 0 Å². The van der Waals surface area contributed by atoms with E-state index in [4.69, 9.17) is 9.40 Å². The lowest BCUT2D eigenvalue weighted by molar-refractivity contribution is -0.00514. The standard InChI is InChI=1S/C77H90BN3O/c1-71(2,3)52-25-23-50(24-26-52)49-19-21-51(22-20-49)70-79-63-42-65-62(41-68(63)82-70)78-61-38-53(72(4,5)6)27-28-64(61)80(59-34-54(73(7,8)9)32-55(35-59)74(10,11)12)66-39-58(77-43-46-29-47(44-77)31-48(30-46)45-77)40-67(69(66)78)81(65)60-36-56(75(13,14)15)33-57(37-60)76(16,17)18/h19-28,32-42,46-48H,29-31,43-45H2,1-18H3. The molecule has 4 aliphatic carbocycles. The maximum atomic E-state index is 7.08. The van der Waals surface area contributed by atoms with E-state index in [0.717, 1.165) is 34.4 Å². The molecule has 6 aliphatic rings. The fraction of sp³-hybridized carbons (Fsp3) is 0.442. The summed E-state index contributed by atoms with van der Waals surface area (Å²) in [5.41, 5.74) is 26.0.